The predicted molar refractivity (Wildman–Crippen MR) is 191 cm³/mol. The molecule has 0 aromatic heterocycles. The van der Waals surface area contributed by atoms with Crippen LogP contribution in [0.3, 0.4) is 0 Å². The Morgan fingerprint density at radius 2 is 1.79 bits per heavy atom. The summed E-state index contributed by atoms with van der Waals surface area (Å²) in [6.07, 6.45) is 16.6. The Bertz CT molecular complexity index is 1150. The predicted octanol–water partition coefficient (Wildman–Crippen LogP) is 10.7. The summed E-state index contributed by atoms with van der Waals surface area (Å²) < 4.78 is 6.48. The summed E-state index contributed by atoms with van der Waals surface area (Å²) in [5.41, 5.74) is 8.01. The van der Waals surface area contributed by atoms with E-state index in [4.69, 9.17) is 16.3 Å². The molecule has 1 fully saturated rings. The van der Waals surface area contributed by atoms with Crippen molar-refractivity contribution in [3.63, 3.8) is 0 Å². The van der Waals surface area contributed by atoms with Crippen LogP contribution in [0.1, 0.15) is 102 Å². The highest BCUT2D eigenvalue weighted by molar-refractivity contribution is 6.30. The molecule has 0 amide bonds. The first kappa shape index (κ1) is 36.7. The van der Waals surface area contributed by atoms with E-state index in [1.807, 2.05) is 26.2 Å². The zero-order chi connectivity index (χ0) is 31.6. The average Bonchev–Trinajstić information content (AvgIpc) is 3.14. The number of halogens is 1. The van der Waals surface area contributed by atoms with Crippen LogP contribution in [0.5, 0.6) is 5.75 Å². The third-order valence-electron chi connectivity index (χ3n) is 8.21. The Kier molecular flexibility index (Phi) is 17.5. The molecule has 4 rings (SSSR count). The van der Waals surface area contributed by atoms with Gasteiger partial charge in [-0.05, 0) is 111 Å². The molecule has 2 aliphatic rings. The van der Waals surface area contributed by atoms with E-state index >= 15 is 0 Å². The van der Waals surface area contributed by atoms with Crippen LogP contribution in [0, 0.1) is 17.8 Å². The first-order valence-electron chi connectivity index (χ1n) is 16.8. The molecular weight excluding hydrogens is 548 g/mol. The van der Waals surface area contributed by atoms with E-state index < -0.39 is 0 Å². The van der Waals surface area contributed by atoms with Gasteiger partial charge in [-0.2, -0.15) is 0 Å². The van der Waals surface area contributed by atoms with E-state index in [0.717, 1.165) is 54.1 Å². The minimum absolute atomic E-state index is 0.304. The van der Waals surface area contributed by atoms with Crippen molar-refractivity contribution in [2.45, 2.75) is 91.9 Å². The number of ether oxygens (including phenoxy) is 1. The number of aryl methyl sites for hydroxylation is 1. The van der Waals surface area contributed by atoms with Crippen LogP contribution in [0.4, 0.5) is 5.69 Å². The molecule has 1 N–H and O–H groups in total. The lowest BCUT2D eigenvalue weighted by Gasteiger charge is -2.41. The molecule has 43 heavy (non-hydrogen) atoms. The molecule has 2 aromatic rings. The van der Waals surface area contributed by atoms with Gasteiger partial charge >= 0.3 is 0 Å². The fourth-order valence-corrected chi connectivity index (χ4v) is 6.24. The smallest absolute Gasteiger partial charge is 0.142 e. The van der Waals surface area contributed by atoms with Crippen LogP contribution >= 0.6 is 11.6 Å². The molecule has 0 bridgehead atoms. The van der Waals surface area contributed by atoms with Gasteiger partial charge in [0.25, 0.3) is 0 Å². The van der Waals surface area contributed by atoms with Crippen molar-refractivity contribution in [3.8, 4) is 5.75 Å². The standard InChI is InChI=1S/C34H44ClNO.C3H8.C2H7N/c1-5-9-25(4)12-8-13-27-15-16-29(27)22-36-23-30(32-18-17-31(35)21-28(32)11-7-3)24-37-34-19-14-26(10-6-2)20-33(34)36;2*1-3-2/h8,10,12,14,17-21,25,27,29-30H,2,5,7,9,11,13,15-16,22-24H2,1,3-4H3;3H2,1-2H3;3H,1-2H3/b12-8+;;. The summed E-state index contributed by atoms with van der Waals surface area (Å²) in [5.74, 6) is 3.47. The SMILES string of the molecule is C=C=Cc1ccc2c(c1)N(CC1CCC1C/C=C/C(C)CCC)CC(c1ccc(Cl)cc1CCC)CO2.CCC.CNC. The summed E-state index contributed by atoms with van der Waals surface area (Å²) in [6.45, 7) is 17.6. The Morgan fingerprint density at radius 3 is 2.42 bits per heavy atom. The quantitative estimate of drug-likeness (QED) is 0.203. The van der Waals surface area contributed by atoms with Gasteiger partial charge in [-0.15, -0.1) is 5.73 Å². The molecule has 1 heterocycles. The number of fused-ring (bicyclic) bond motifs is 1. The van der Waals surface area contributed by atoms with E-state index in [2.05, 4.69) is 99.6 Å². The molecule has 0 radical (unpaired) electrons. The number of benzene rings is 2. The lowest BCUT2D eigenvalue weighted by Crippen LogP contribution is -2.40. The largest absolute Gasteiger partial charge is 0.491 e. The fraction of sp³-hybridized carbons (Fsp3) is 0.564. The molecule has 4 unspecified atom stereocenters. The number of hydrogen-bond donors (Lipinski definition) is 1. The summed E-state index contributed by atoms with van der Waals surface area (Å²) >= 11 is 6.40. The van der Waals surface area contributed by atoms with Gasteiger partial charge in [-0.1, -0.05) is 96.3 Å². The monoisotopic (exact) mass is 606 g/mol. The van der Waals surface area contributed by atoms with Crippen LogP contribution in [0.2, 0.25) is 5.02 Å². The summed E-state index contributed by atoms with van der Waals surface area (Å²) in [5, 5.41) is 3.57. The van der Waals surface area contributed by atoms with Crippen LogP contribution in [0.25, 0.3) is 6.08 Å². The van der Waals surface area contributed by atoms with Crippen molar-refractivity contribution in [1.29, 1.82) is 0 Å². The maximum Gasteiger partial charge on any atom is 0.142 e. The van der Waals surface area contributed by atoms with E-state index in [-0.39, 0.29) is 0 Å². The van der Waals surface area contributed by atoms with Crippen molar-refractivity contribution < 1.29 is 4.74 Å². The highest BCUT2D eigenvalue weighted by atomic mass is 35.5. The first-order valence-corrected chi connectivity index (χ1v) is 17.1. The molecule has 1 aliphatic heterocycles. The molecule has 3 nitrogen and oxygen atoms in total. The van der Waals surface area contributed by atoms with Crippen molar-refractivity contribution in [2.75, 3.05) is 38.7 Å². The van der Waals surface area contributed by atoms with Gasteiger partial charge < -0.3 is 15.0 Å². The molecule has 0 spiro atoms. The maximum atomic E-state index is 6.48. The van der Waals surface area contributed by atoms with Gasteiger partial charge in [-0.25, -0.2) is 0 Å². The highest BCUT2D eigenvalue weighted by Gasteiger charge is 2.34. The number of allylic oxidation sites excluding steroid dienone is 2. The molecule has 2 aromatic carbocycles. The molecule has 1 saturated carbocycles. The molecule has 0 saturated heterocycles. The highest BCUT2D eigenvalue weighted by Crippen LogP contribution is 2.42. The van der Waals surface area contributed by atoms with Crippen molar-refractivity contribution >= 4 is 23.4 Å². The minimum Gasteiger partial charge on any atom is -0.491 e. The summed E-state index contributed by atoms with van der Waals surface area (Å²) in [6, 6.07) is 12.9. The second-order valence-corrected chi connectivity index (χ2v) is 12.8. The van der Waals surface area contributed by atoms with Gasteiger partial charge in [0.2, 0.25) is 0 Å². The van der Waals surface area contributed by atoms with Gasteiger partial charge in [0.15, 0.2) is 0 Å². The molecular formula is C39H59ClN2O. The zero-order valence-electron chi connectivity index (χ0n) is 28.2. The second-order valence-electron chi connectivity index (χ2n) is 12.3. The fourth-order valence-electron chi connectivity index (χ4n) is 6.05. The number of nitrogens with one attached hydrogen (secondary N) is 1. The Balaban J connectivity index is 0.000000992. The third-order valence-corrected chi connectivity index (χ3v) is 8.45. The van der Waals surface area contributed by atoms with E-state index in [1.165, 1.54) is 55.3 Å². The average molecular weight is 607 g/mol. The van der Waals surface area contributed by atoms with Crippen LogP contribution in [-0.4, -0.2) is 33.8 Å². The minimum atomic E-state index is 0.304. The van der Waals surface area contributed by atoms with Gasteiger partial charge in [-0.3, -0.25) is 0 Å². The molecule has 1 aliphatic carbocycles. The summed E-state index contributed by atoms with van der Waals surface area (Å²) in [7, 11) is 3.75. The summed E-state index contributed by atoms with van der Waals surface area (Å²) in [4.78, 5) is 2.61. The molecule has 238 valence electrons. The molecule has 4 atom stereocenters. The lowest BCUT2D eigenvalue weighted by molar-refractivity contribution is 0.182. The second kappa shape index (κ2) is 20.5. The number of hydrogen-bond acceptors (Lipinski definition) is 3. The van der Waals surface area contributed by atoms with Gasteiger partial charge in [0, 0.05) is 24.0 Å². The topological polar surface area (TPSA) is 24.5 Å². The van der Waals surface area contributed by atoms with E-state index in [1.54, 1.807) is 0 Å². The van der Waals surface area contributed by atoms with Crippen molar-refractivity contribution in [2.24, 2.45) is 17.8 Å². The Labute approximate surface area is 269 Å². The Morgan fingerprint density at radius 1 is 1.07 bits per heavy atom. The van der Waals surface area contributed by atoms with Crippen molar-refractivity contribution in [3.05, 3.63) is 82.6 Å². The lowest BCUT2D eigenvalue weighted by atomic mass is 9.71. The van der Waals surface area contributed by atoms with E-state index in [9.17, 15) is 0 Å². The number of anilines is 1. The van der Waals surface area contributed by atoms with Crippen LogP contribution < -0.4 is 15.0 Å². The maximum absolute atomic E-state index is 6.48. The third kappa shape index (κ3) is 11.9. The van der Waals surface area contributed by atoms with Crippen LogP contribution in [0.15, 0.2) is 60.9 Å². The Hall–Kier alpha value is -2.45. The zero-order valence-corrected chi connectivity index (χ0v) is 29.0. The van der Waals surface area contributed by atoms with Gasteiger partial charge in [0.05, 0.1) is 12.3 Å². The van der Waals surface area contributed by atoms with Crippen LogP contribution in [-0.2, 0) is 6.42 Å². The number of rotatable bonds is 11. The molecule has 4 heteroatoms. The first-order chi connectivity index (χ1) is 20.8. The normalized spacial score (nSPS) is 19.7. The van der Waals surface area contributed by atoms with Gasteiger partial charge in [0.1, 0.15) is 5.75 Å². The van der Waals surface area contributed by atoms with Crippen molar-refractivity contribution in [1.82, 2.24) is 5.32 Å². The van der Waals surface area contributed by atoms with E-state index in [0.29, 0.717) is 18.4 Å². The number of nitrogens with zero attached hydrogens (tertiary/aromatic N) is 1.